The highest BCUT2D eigenvalue weighted by Gasteiger charge is 2.38. The van der Waals surface area contributed by atoms with Crippen molar-refractivity contribution in [2.45, 2.75) is 6.92 Å². The number of nitrogens with one attached hydrogen (secondary N) is 1. The summed E-state index contributed by atoms with van der Waals surface area (Å²) < 4.78 is 0.930. The summed E-state index contributed by atoms with van der Waals surface area (Å²) in [5.74, 6) is -2.02. The standard InChI is InChI=1S/C18H13BrClN3O2S/c1-10-8-11(19)2-7-15(10)21-9-14-16(24)22-18(26)23(17(14)25)13-5-3-12(20)4-6-13/h2-9,14H,1H3,(H,22,24,26)/t14-/m1/s1. The van der Waals surface area contributed by atoms with Crippen LogP contribution in [0, 0.1) is 12.8 Å². The fraction of sp³-hybridized carbons (Fsp3) is 0.111. The van der Waals surface area contributed by atoms with E-state index in [0.29, 0.717) is 16.4 Å². The summed E-state index contributed by atoms with van der Waals surface area (Å²) in [6, 6.07) is 12.2. The molecule has 2 aromatic carbocycles. The van der Waals surface area contributed by atoms with Crippen LogP contribution >= 0.6 is 39.7 Å². The molecule has 8 heteroatoms. The van der Waals surface area contributed by atoms with Crippen LogP contribution in [0.5, 0.6) is 0 Å². The Morgan fingerprint density at radius 1 is 1.23 bits per heavy atom. The molecule has 1 fully saturated rings. The molecular formula is C18H13BrClN3O2S. The highest BCUT2D eigenvalue weighted by Crippen LogP contribution is 2.25. The van der Waals surface area contributed by atoms with Gasteiger partial charge in [0.1, 0.15) is 0 Å². The lowest BCUT2D eigenvalue weighted by Gasteiger charge is -2.30. The van der Waals surface area contributed by atoms with E-state index in [-0.39, 0.29) is 5.11 Å². The van der Waals surface area contributed by atoms with E-state index in [1.807, 2.05) is 25.1 Å². The summed E-state index contributed by atoms with van der Waals surface area (Å²) in [5, 5.41) is 3.12. The van der Waals surface area contributed by atoms with Crippen LogP contribution in [-0.4, -0.2) is 23.1 Å². The van der Waals surface area contributed by atoms with Crippen LogP contribution in [0.3, 0.4) is 0 Å². The van der Waals surface area contributed by atoms with Crippen LogP contribution in [0.25, 0.3) is 0 Å². The van der Waals surface area contributed by atoms with Gasteiger partial charge in [0.15, 0.2) is 11.0 Å². The highest BCUT2D eigenvalue weighted by atomic mass is 79.9. The number of rotatable bonds is 3. The molecule has 1 heterocycles. The minimum Gasteiger partial charge on any atom is -0.301 e. The zero-order valence-corrected chi connectivity index (χ0v) is 16.7. The van der Waals surface area contributed by atoms with Crippen LogP contribution < -0.4 is 10.2 Å². The monoisotopic (exact) mass is 449 g/mol. The molecule has 1 aliphatic heterocycles. The Balaban J connectivity index is 1.90. The second kappa shape index (κ2) is 7.65. The summed E-state index contributed by atoms with van der Waals surface area (Å²) in [7, 11) is 0. The van der Waals surface area contributed by atoms with E-state index in [4.69, 9.17) is 23.8 Å². The maximum atomic E-state index is 12.8. The van der Waals surface area contributed by atoms with Crippen LogP contribution in [0.2, 0.25) is 5.02 Å². The SMILES string of the molecule is Cc1cc(Br)ccc1N=C[C@@H]1C(=O)NC(=S)N(c2ccc(Cl)cc2)C1=O. The zero-order valence-electron chi connectivity index (χ0n) is 13.6. The quantitative estimate of drug-likeness (QED) is 0.433. The van der Waals surface area contributed by atoms with Gasteiger partial charge in [-0.3, -0.25) is 19.5 Å². The number of benzene rings is 2. The average Bonchev–Trinajstić information content (AvgIpc) is 2.57. The first kappa shape index (κ1) is 18.7. The number of aliphatic imine (C=N–C) groups is 1. The molecule has 0 aliphatic carbocycles. The molecule has 1 N–H and O–H groups in total. The van der Waals surface area contributed by atoms with Crippen molar-refractivity contribution in [1.82, 2.24) is 5.32 Å². The van der Waals surface area contributed by atoms with E-state index >= 15 is 0 Å². The lowest BCUT2D eigenvalue weighted by molar-refractivity contribution is -0.130. The average molecular weight is 451 g/mol. The number of carbonyl (C=O) groups is 2. The van der Waals surface area contributed by atoms with Gasteiger partial charge in [-0.05, 0) is 67.2 Å². The van der Waals surface area contributed by atoms with Crippen molar-refractivity contribution in [2.75, 3.05) is 4.90 Å². The van der Waals surface area contributed by atoms with Gasteiger partial charge in [-0.2, -0.15) is 0 Å². The number of hydrogen-bond donors (Lipinski definition) is 1. The lowest BCUT2D eigenvalue weighted by atomic mass is 10.1. The molecule has 3 rings (SSSR count). The number of anilines is 1. The number of nitrogens with zero attached hydrogens (tertiary/aromatic N) is 2. The Hall–Kier alpha value is -2.09. The van der Waals surface area contributed by atoms with E-state index in [9.17, 15) is 9.59 Å². The summed E-state index contributed by atoms with van der Waals surface area (Å²) >= 11 is 14.4. The Bertz CT molecular complexity index is 931. The molecule has 0 unspecified atom stereocenters. The molecule has 26 heavy (non-hydrogen) atoms. The van der Waals surface area contributed by atoms with Crippen molar-refractivity contribution in [3.8, 4) is 0 Å². The highest BCUT2D eigenvalue weighted by molar-refractivity contribution is 9.10. The second-order valence-electron chi connectivity index (χ2n) is 5.63. The van der Waals surface area contributed by atoms with Crippen molar-refractivity contribution in [3.63, 3.8) is 0 Å². The number of hydrogen-bond acceptors (Lipinski definition) is 4. The number of aryl methyl sites for hydroxylation is 1. The second-order valence-corrected chi connectivity index (χ2v) is 7.37. The van der Waals surface area contributed by atoms with Gasteiger partial charge in [0.05, 0.1) is 11.4 Å². The van der Waals surface area contributed by atoms with Crippen molar-refractivity contribution in [1.29, 1.82) is 0 Å². The van der Waals surface area contributed by atoms with Crippen molar-refractivity contribution in [3.05, 3.63) is 57.5 Å². The normalized spacial score (nSPS) is 17.7. The summed E-state index contributed by atoms with van der Waals surface area (Å²) in [5.41, 5.74) is 2.13. The van der Waals surface area contributed by atoms with E-state index in [0.717, 1.165) is 10.0 Å². The lowest BCUT2D eigenvalue weighted by Crippen LogP contribution is -2.58. The molecule has 132 valence electrons. The Morgan fingerprint density at radius 3 is 2.58 bits per heavy atom. The third kappa shape index (κ3) is 3.85. The van der Waals surface area contributed by atoms with E-state index < -0.39 is 17.7 Å². The third-order valence-electron chi connectivity index (χ3n) is 3.81. The Kier molecular flexibility index (Phi) is 5.50. The fourth-order valence-corrected chi connectivity index (χ4v) is 3.37. The van der Waals surface area contributed by atoms with Crippen LogP contribution in [0.15, 0.2) is 51.9 Å². The van der Waals surface area contributed by atoms with E-state index in [1.54, 1.807) is 24.3 Å². The fourth-order valence-electron chi connectivity index (χ4n) is 2.48. The molecule has 1 saturated heterocycles. The maximum Gasteiger partial charge on any atom is 0.251 e. The predicted octanol–water partition coefficient (Wildman–Crippen LogP) is 4.18. The molecule has 2 amide bonds. The van der Waals surface area contributed by atoms with E-state index in [1.165, 1.54) is 11.1 Å². The zero-order chi connectivity index (χ0) is 18.8. The summed E-state index contributed by atoms with van der Waals surface area (Å²) in [6.07, 6.45) is 1.35. The first-order valence-electron chi connectivity index (χ1n) is 7.61. The topological polar surface area (TPSA) is 61.8 Å². The maximum absolute atomic E-state index is 12.8. The summed E-state index contributed by atoms with van der Waals surface area (Å²) in [6.45, 7) is 1.90. The Morgan fingerprint density at radius 2 is 1.92 bits per heavy atom. The van der Waals surface area contributed by atoms with Gasteiger partial charge < -0.3 is 5.32 Å². The van der Waals surface area contributed by atoms with Gasteiger partial charge in [-0.1, -0.05) is 27.5 Å². The van der Waals surface area contributed by atoms with Gasteiger partial charge in [0.2, 0.25) is 5.91 Å². The number of carbonyl (C=O) groups excluding carboxylic acids is 2. The summed E-state index contributed by atoms with van der Waals surface area (Å²) in [4.78, 5) is 30.7. The number of amides is 2. The van der Waals surface area contributed by atoms with Gasteiger partial charge in [0, 0.05) is 15.7 Å². The smallest absolute Gasteiger partial charge is 0.251 e. The molecule has 0 radical (unpaired) electrons. The van der Waals surface area contributed by atoms with Crippen LogP contribution in [0.1, 0.15) is 5.56 Å². The molecule has 0 bridgehead atoms. The molecule has 5 nitrogen and oxygen atoms in total. The largest absolute Gasteiger partial charge is 0.301 e. The van der Waals surface area contributed by atoms with Gasteiger partial charge in [-0.15, -0.1) is 0 Å². The number of halogens is 2. The minimum atomic E-state index is -1.07. The molecule has 0 spiro atoms. The Labute approximate surface area is 169 Å². The van der Waals surface area contributed by atoms with Crippen LogP contribution in [0.4, 0.5) is 11.4 Å². The van der Waals surface area contributed by atoms with Gasteiger partial charge >= 0.3 is 0 Å². The molecule has 2 aromatic rings. The van der Waals surface area contributed by atoms with Gasteiger partial charge in [0.25, 0.3) is 5.91 Å². The first-order valence-corrected chi connectivity index (χ1v) is 9.19. The third-order valence-corrected chi connectivity index (χ3v) is 4.84. The molecular weight excluding hydrogens is 438 g/mol. The molecule has 0 saturated carbocycles. The van der Waals surface area contributed by atoms with Crippen molar-refractivity contribution >= 4 is 74.3 Å². The number of thiocarbonyl (C=S) groups is 1. The predicted molar refractivity (Wildman–Crippen MR) is 110 cm³/mol. The first-order chi connectivity index (χ1) is 12.4. The molecule has 1 atom stereocenters. The molecule has 1 aliphatic rings. The minimum absolute atomic E-state index is 0.0341. The van der Waals surface area contributed by atoms with Crippen LogP contribution in [-0.2, 0) is 9.59 Å². The molecule has 0 aromatic heterocycles. The van der Waals surface area contributed by atoms with Crippen molar-refractivity contribution in [2.24, 2.45) is 10.9 Å². The van der Waals surface area contributed by atoms with Gasteiger partial charge in [-0.25, -0.2) is 0 Å². The van der Waals surface area contributed by atoms with E-state index in [2.05, 4.69) is 26.2 Å². The van der Waals surface area contributed by atoms with Crippen molar-refractivity contribution < 1.29 is 9.59 Å².